The smallest absolute Gasteiger partial charge is 0.259 e. The molecule has 0 aromatic carbocycles. The predicted molar refractivity (Wildman–Crippen MR) is 106 cm³/mol. The van der Waals surface area contributed by atoms with Crippen LogP contribution in [0, 0.1) is 12.3 Å². The highest BCUT2D eigenvalue weighted by molar-refractivity contribution is 7.07. The molecule has 1 unspecified atom stereocenters. The largest absolute Gasteiger partial charge is 0.364 e. The van der Waals surface area contributed by atoms with Crippen molar-refractivity contribution in [3.8, 4) is 0 Å². The molecule has 4 rings (SSSR count). The van der Waals surface area contributed by atoms with E-state index in [0.717, 1.165) is 43.6 Å². The van der Waals surface area contributed by atoms with E-state index >= 15 is 0 Å². The number of nitrogens with one attached hydrogen (secondary N) is 2. The third kappa shape index (κ3) is 3.59. The van der Waals surface area contributed by atoms with Crippen molar-refractivity contribution in [3.63, 3.8) is 0 Å². The fourth-order valence-electron chi connectivity index (χ4n) is 4.03. The number of aryl methyl sites for hydroxylation is 1. The number of amides is 1. The quantitative estimate of drug-likeness (QED) is 0.839. The number of halogens is 1. The van der Waals surface area contributed by atoms with Crippen LogP contribution in [0.1, 0.15) is 40.9 Å². The van der Waals surface area contributed by atoms with E-state index in [0.29, 0.717) is 6.54 Å². The highest BCUT2D eigenvalue weighted by Gasteiger charge is 2.57. The van der Waals surface area contributed by atoms with E-state index in [4.69, 9.17) is 0 Å². The van der Waals surface area contributed by atoms with E-state index in [-0.39, 0.29) is 40.8 Å². The lowest BCUT2D eigenvalue weighted by molar-refractivity contribution is 0.0690. The highest BCUT2D eigenvalue weighted by atomic mass is 35.5. The van der Waals surface area contributed by atoms with Crippen molar-refractivity contribution in [1.82, 2.24) is 15.2 Å². The van der Waals surface area contributed by atoms with Gasteiger partial charge in [-0.2, -0.15) is 11.3 Å². The van der Waals surface area contributed by atoms with Crippen LogP contribution in [0.25, 0.3) is 0 Å². The van der Waals surface area contributed by atoms with Crippen LogP contribution in [0.5, 0.6) is 0 Å². The predicted octanol–water partition coefficient (Wildman–Crippen LogP) is 2.95. The van der Waals surface area contributed by atoms with Crippen molar-refractivity contribution in [3.05, 3.63) is 56.1 Å². The number of rotatable bonds is 4. The lowest BCUT2D eigenvalue weighted by atomic mass is 9.93. The van der Waals surface area contributed by atoms with Gasteiger partial charge in [0.15, 0.2) is 5.43 Å². The molecule has 1 atom stereocenters. The lowest BCUT2D eigenvalue weighted by Gasteiger charge is -2.29. The number of carbonyl (C=O) groups is 1. The molecule has 3 heterocycles. The molecule has 2 aromatic heterocycles. The molecule has 7 heteroatoms. The van der Waals surface area contributed by atoms with Gasteiger partial charge in [0.05, 0.1) is 0 Å². The van der Waals surface area contributed by atoms with E-state index in [1.54, 1.807) is 17.5 Å². The summed E-state index contributed by atoms with van der Waals surface area (Å²) in [5, 5.41) is 7.52. The van der Waals surface area contributed by atoms with Crippen molar-refractivity contribution < 1.29 is 4.79 Å². The summed E-state index contributed by atoms with van der Waals surface area (Å²) in [6, 6.07) is 3.80. The number of aromatic nitrogens is 1. The van der Waals surface area contributed by atoms with Crippen LogP contribution in [-0.4, -0.2) is 34.9 Å². The Morgan fingerprint density at radius 3 is 2.81 bits per heavy atom. The Morgan fingerprint density at radius 1 is 1.38 bits per heavy atom. The minimum absolute atomic E-state index is 0. The first-order valence-corrected chi connectivity index (χ1v) is 9.75. The lowest BCUT2D eigenvalue weighted by Crippen LogP contribution is -2.40. The molecule has 2 aliphatic rings. The monoisotopic (exact) mass is 393 g/mol. The van der Waals surface area contributed by atoms with Gasteiger partial charge >= 0.3 is 0 Å². The Bertz CT molecular complexity index is 828. The fourth-order valence-corrected chi connectivity index (χ4v) is 4.69. The molecule has 2 aromatic rings. The summed E-state index contributed by atoms with van der Waals surface area (Å²) in [4.78, 5) is 30.5. The fraction of sp³-hybridized carbons (Fsp3) is 0.474. The molecule has 2 fully saturated rings. The zero-order valence-electron chi connectivity index (χ0n) is 14.8. The molecule has 1 saturated heterocycles. The molecule has 2 N–H and O–H groups in total. The standard InChI is InChI=1S/C19H23N3O2S.ClH/c1-13-8-16(23)15(10-21-13)18(24)22(11-14-2-7-25-12-14)17-9-19(17)3-5-20-6-4-19;/h2,7-8,10,12,17,20H,3-6,9,11H2,1H3,(H,21,23);1H. The van der Waals surface area contributed by atoms with Gasteiger partial charge in [-0.1, -0.05) is 0 Å². The Balaban J connectivity index is 0.00000196. The molecule has 1 aliphatic heterocycles. The molecule has 0 bridgehead atoms. The number of pyridine rings is 1. The Morgan fingerprint density at radius 2 is 2.15 bits per heavy atom. The molecule has 26 heavy (non-hydrogen) atoms. The molecule has 1 amide bonds. The summed E-state index contributed by atoms with van der Waals surface area (Å²) in [7, 11) is 0. The summed E-state index contributed by atoms with van der Waals surface area (Å²) in [6.07, 6.45) is 4.83. The Labute approximate surface area is 163 Å². The summed E-state index contributed by atoms with van der Waals surface area (Å²) in [5.41, 5.74) is 2.20. The van der Waals surface area contributed by atoms with Gasteiger partial charge in [-0.25, -0.2) is 0 Å². The highest BCUT2D eigenvalue weighted by Crippen LogP contribution is 2.56. The first-order valence-electron chi connectivity index (χ1n) is 8.81. The molecule has 1 spiro atoms. The molecular weight excluding hydrogens is 370 g/mol. The molecule has 5 nitrogen and oxygen atoms in total. The maximum atomic E-state index is 13.2. The van der Waals surface area contributed by atoms with Crippen molar-refractivity contribution in [2.75, 3.05) is 13.1 Å². The van der Waals surface area contributed by atoms with Gasteiger partial charge in [0.1, 0.15) is 5.56 Å². The van der Waals surface area contributed by atoms with Crippen LogP contribution in [-0.2, 0) is 6.54 Å². The first-order chi connectivity index (χ1) is 12.1. The van der Waals surface area contributed by atoms with Gasteiger partial charge in [-0.15, -0.1) is 12.4 Å². The van der Waals surface area contributed by atoms with Crippen LogP contribution >= 0.6 is 23.7 Å². The van der Waals surface area contributed by atoms with E-state index in [9.17, 15) is 9.59 Å². The molecule has 1 saturated carbocycles. The summed E-state index contributed by atoms with van der Waals surface area (Å²) in [5.74, 6) is -0.146. The molecular formula is C19H24ClN3O2S. The van der Waals surface area contributed by atoms with Crippen LogP contribution in [0.2, 0.25) is 0 Å². The number of carbonyl (C=O) groups excluding carboxylic acids is 1. The number of nitrogens with zero attached hydrogens (tertiary/aromatic N) is 1. The van der Waals surface area contributed by atoms with E-state index in [2.05, 4.69) is 21.7 Å². The maximum Gasteiger partial charge on any atom is 0.259 e. The van der Waals surface area contributed by atoms with Crippen LogP contribution in [0.15, 0.2) is 33.9 Å². The number of aromatic amines is 1. The van der Waals surface area contributed by atoms with E-state index < -0.39 is 0 Å². The topological polar surface area (TPSA) is 65.2 Å². The number of hydrogen-bond donors (Lipinski definition) is 2. The van der Waals surface area contributed by atoms with Crippen LogP contribution < -0.4 is 10.7 Å². The summed E-state index contributed by atoms with van der Waals surface area (Å²) < 4.78 is 0. The third-order valence-electron chi connectivity index (χ3n) is 5.60. The van der Waals surface area contributed by atoms with Crippen molar-refractivity contribution in [1.29, 1.82) is 0 Å². The van der Waals surface area contributed by atoms with Crippen molar-refractivity contribution in [2.45, 2.75) is 38.8 Å². The second-order valence-corrected chi connectivity index (χ2v) is 8.07. The minimum Gasteiger partial charge on any atom is -0.364 e. The van der Waals surface area contributed by atoms with Gasteiger partial charge in [0.25, 0.3) is 5.91 Å². The SMILES string of the molecule is Cc1cc(=O)c(C(=O)N(Cc2ccsc2)C2CC23CCNCC3)c[nH]1.Cl. The number of hydrogen-bond acceptors (Lipinski definition) is 4. The number of piperidine rings is 1. The summed E-state index contributed by atoms with van der Waals surface area (Å²) in [6.45, 7) is 4.43. The normalized spacial score (nSPS) is 20.4. The average Bonchev–Trinajstić information content (AvgIpc) is 3.04. The number of thiophene rings is 1. The van der Waals surface area contributed by atoms with Crippen LogP contribution in [0.4, 0.5) is 0 Å². The second-order valence-electron chi connectivity index (χ2n) is 7.29. The van der Waals surface area contributed by atoms with Gasteiger partial charge in [0.2, 0.25) is 0 Å². The maximum absolute atomic E-state index is 13.2. The molecule has 1 aliphatic carbocycles. The Kier molecular flexibility index (Phi) is 5.55. The molecule has 0 radical (unpaired) electrons. The molecule has 140 valence electrons. The number of H-pyrrole nitrogens is 1. The Hall–Kier alpha value is -1.63. The van der Waals surface area contributed by atoms with Crippen molar-refractivity contribution >= 4 is 29.7 Å². The second kappa shape index (κ2) is 7.55. The average molecular weight is 394 g/mol. The van der Waals surface area contributed by atoms with E-state index in [1.165, 1.54) is 6.07 Å². The summed E-state index contributed by atoms with van der Waals surface area (Å²) >= 11 is 1.64. The first kappa shape index (κ1) is 19.1. The van der Waals surface area contributed by atoms with E-state index in [1.807, 2.05) is 17.2 Å². The van der Waals surface area contributed by atoms with Crippen LogP contribution in [0.3, 0.4) is 0 Å². The van der Waals surface area contributed by atoms with Gasteiger partial charge in [-0.3, -0.25) is 9.59 Å². The zero-order chi connectivity index (χ0) is 17.4. The third-order valence-corrected chi connectivity index (χ3v) is 6.34. The van der Waals surface area contributed by atoms with Crippen molar-refractivity contribution in [2.24, 2.45) is 5.41 Å². The minimum atomic E-state index is -0.198. The zero-order valence-corrected chi connectivity index (χ0v) is 16.4. The van der Waals surface area contributed by atoms with Gasteiger partial charge < -0.3 is 15.2 Å². The van der Waals surface area contributed by atoms with Gasteiger partial charge in [0, 0.05) is 30.5 Å². The van der Waals surface area contributed by atoms with Gasteiger partial charge in [-0.05, 0) is 67.1 Å².